The SMILES string of the molecule is O=S(=O)(/C=C/c1ccc(Cl)cc1)Nc1ccccc1OC(F)F. The van der Waals surface area contributed by atoms with Crippen LogP contribution < -0.4 is 9.46 Å². The number of ether oxygens (including phenoxy) is 1. The summed E-state index contributed by atoms with van der Waals surface area (Å²) in [6.45, 7) is -3.05. The molecule has 2 aromatic carbocycles. The lowest BCUT2D eigenvalue weighted by Gasteiger charge is -2.11. The third kappa shape index (κ3) is 5.54. The van der Waals surface area contributed by atoms with E-state index in [1.807, 2.05) is 0 Å². The number of alkyl halides is 2. The predicted octanol–water partition coefficient (Wildman–Crippen LogP) is 4.35. The molecule has 0 aliphatic carbocycles. The summed E-state index contributed by atoms with van der Waals surface area (Å²) in [4.78, 5) is 0. The van der Waals surface area contributed by atoms with Gasteiger partial charge < -0.3 is 4.74 Å². The van der Waals surface area contributed by atoms with Gasteiger partial charge in [-0.05, 0) is 35.9 Å². The van der Waals surface area contributed by atoms with E-state index in [9.17, 15) is 17.2 Å². The summed E-state index contributed by atoms with van der Waals surface area (Å²) in [6, 6.07) is 12.0. The van der Waals surface area contributed by atoms with Gasteiger partial charge >= 0.3 is 6.61 Å². The summed E-state index contributed by atoms with van der Waals surface area (Å²) in [5.74, 6) is -0.258. The minimum Gasteiger partial charge on any atom is -0.433 e. The van der Waals surface area contributed by atoms with Crippen molar-refractivity contribution in [1.29, 1.82) is 0 Å². The third-order valence-corrected chi connectivity index (χ3v) is 3.92. The molecule has 0 bridgehead atoms. The highest BCUT2D eigenvalue weighted by atomic mass is 35.5. The summed E-state index contributed by atoms with van der Waals surface area (Å²) in [7, 11) is -3.89. The van der Waals surface area contributed by atoms with Crippen molar-refractivity contribution in [2.45, 2.75) is 6.61 Å². The predicted molar refractivity (Wildman–Crippen MR) is 86.1 cm³/mol. The van der Waals surface area contributed by atoms with Crippen molar-refractivity contribution in [3.8, 4) is 5.75 Å². The maximum Gasteiger partial charge on any atom is 0.387 e. The van der Waals surface area contributed by atoms with Crippen LogP contribution in [0.3, 0.4) is 0 Å². The first-order valence-corrected chi connectivity index (χ1v) is 8.28. The van der Waals surface area contributed by atoms with Crippen LogP contribution in [0, 0.1) is 0 Å². The first-order valence-electron chi connectivity index (χ1n) is 6.36. The van der Waals surface area contributed by atoms with Crippen LogP contribution in [0.5, 0.6) is 5.75 Å². The molecular weight excluding hydrogens is 348 g/mol. The Kier molecular flexibility index (Phi) is 5.57. The van der Waals surface area contributed by atoms with E-state index in [1.54, 1.807) is 24.3 Å². The van der Waals surface area contributed by atoms with Crippen molar-refractivity contribution in [1.82, 2.24) is 0 Å². The average molecular weight is 360 g/mol. The van der Waals surface area contributed by atoms with E-state index >= 15 is 0 Å². The van der Waals surface area contributed by atoms with Crippen LogP contribution in [0.1, 0.15) is 5.56 Å². The fourth-order valence-corrected chi connectivity index (χ4v) is 2.68. The summed E-state index contributed by atoms with van der Waals surface area (Å²) >= 11 is 5.74. The Bertz CT molecular complexity index is 793. The van der Waals surface area contributed by atoms with Gasteiger partial charge in [-0.2, -0.15) is 8.78 Å². The van der Waals surface area contributed by atoms with E-state index in [0.717, 1.165) is 5.41 Å². The Balaban J connectivity index is 2.17. The van der Waals surface area contributed by atoms with Crippen LogP contribution in [0.15, 0.2) is 53.9 Å². The Labute approximate surface area is 137 Å². The van der Waals surface area contributed by atoms with Gasteiger partial charge in [0.05, 0.1) is 11.1 Å². The average Bonchev–Trinajstić information content (AvgIpc) is 2.48. The van der Waals surface area contributed by atoms with Crippen LogP contribution in [0.2, 0.25) is 5.02 Å². The molecule has 0 saturated carbocycles. The maximum absolute atomic E-state index is 12.3. The van der Waals surface area contributed by atoms with Gasteiger partial charge in [0.2, 0.25) is 0 Å². The standard InChI is InChI=1S/C15H12ClF2NO3S/c16-12-7-5-11(6-8-12)9-10-23(20,21)19-13-3-1-2-4-14(13)22-15(17)18/h1-10,15,19H/b10-9+. The zero-order chi connectivity index (χ0) is 16.9. The molecule has 0 aliphatic rings. The molecule has 1 N–H and O–H groups in total. The zero-order valence-electron chi connectivity index (χ0n) is 11.6. The topological polar surface area (TPSA) is 55.4 Å². The monoisotopic (exact) mass is 359 g/mol. The summed E-state index contributed by atoms with van der Waals surface area (Å²) < 4.78 is 55.1. The molecule has 0 saturated heterocycles. The summed E-state index contributed by atoms with van der Waals surface area (Å²) in [6.07, 6.45) is 1.36. The van der Waals surface area contributed by atoms with Crippen LogP contribution >= 0.6 is 11.6 Å². The van der Waals surface area contributed by atoms with Crippen molar-refractivity contribution >= 4 is 33.4 Å². The number of rotatable bonds is 6. The van der Waals surface area contributed by atoms with Crippen molar-refractivity contribution < 1.29 is 21.9 Å². The van der Waals surface area contributed by atoms with Gasteiger partial charge in [0.25, 0.3) is 10.0 Å². The molecule has 122 valence electrons. The molecule has 0 unspecified atom stereocenters. The molecule has 0 atom stereocenters. The highest BCUT2D eigenvalue weighted by molar-refractivity contribution is 7.95. The van der Waals surface area contributed by atoms with E-state index in [1.165, 1.54) is 30.3 Å². The number of para-hydroxylation sites is 2. The Hall–Kier alpha value is -2.12. The molecule has 23 heavy (non-hydrogen) atoms. The van der Waals surface area contributed by atoms with E-state index < -0.39 is 16.6 Å². The summed E-state index contributed by atoms with van der Waals surface area (Å²) in [5.41, 5.74) is 0.547. The van der Waals surface area contributed by atoms with Gasteiger partial charge in [0, 0.05) is 5.02 Å². The quantitative estimate of drug-likeness (QED) is 0.834. The normalized spacial score (nSPS) is 11.8. The van der Waals surface area contributed by atoms with Crippen LogP contribution in [0.25, 0.3) is 6.08 Å². The molecule has 0 fully saturated rings. The molecule has 0 spiro atoms. The van der Waals surface area contributed by atoms with Crippen molar-refractivity contribution in [2.75, 3.05) is 4.72 Å². The Morgan fingerprint density at radius 3 is 2.39 bits per heavy atom. The number of halogens is 3. The lowest BCUT2D eigenvalue weighted by atomic mass is 10.2. The maximum atomic E-state index is 12.3. The van der Waals surface area contributed by atoms with E-state index in [-0.39, 0.29) is 11.4 Å². The van der Waals surface area contributed by atoms with Gasteiger partial charge in [-0.1, -0.05) is 35.9 Å². The molecule has 0 aliphatic heterocycles. The number of anilines is 1. The van der Waals surface area contributed by atoms with E-state index in [4.69, 9.17) is 11.6 Å². The largest absolute Gasteiger partial charge is 0.433 e. The lowest BCUT2D eigenvalue weighted by Crippen LogP contribution is -2.11. The highest BCUT2D eigenvalue weighted by Gasteiger charge is 2.13. The minimum atomic E-state index is -3.89. The van der Waals surface area contributed by atoms with Gasteiger partial charge in [-0.3, -0.25) is 4.72 Å². The number of benzene rings is 2. The fraction of sp³-hybridized carbons (Fsp3) is 0.0667. The Morgan fingerprint density at radius 1 is 1.09 bits per heavy atom. The molecule has 0 aromatic heterocycles. The van der Waals surface area contributed by atoms with Crippen LogP contribution in [-0.4, -0.2) is 15.0 Å². The first kappa shape index (κ1) is 17.2. The lowest BCUT2D eigenvalue weighted by molar-refractivity contribution is -0.0493. The van der Waals surface area contributed by atoms with E-state index in [2.05, 4.69) is 9.46 Å². The second-order valence-electron chi connectivity index (χ2n) is 4.38. The highest BCUT2D eigenvalue weighted by Crippen LogP contribution is 2.26. The zero-order valence-corrected chi connectivity index (χ0v) is 13.2. The van der Waals surface area contributed by atoms with Crippen molar-refractivity contribution in [3.05, 3.63) is 64.5 Å². The second kappa shape index (κ2) is 7.43. The molecule has 0 heterocycles. The molecule has 0 amide bonds. The number of hydrogen-bond donors (Lipinski definition) is 1. The number of nitrogens with one attached hydrogen (secondary N) is 1. The molecule has 2 aromatic rings. The third-order valence-electron chi connectivity index (χ3n) is 2.66. The van der Waals surface area contributed by atoms with Gasteiger partial charge in [0.15, 0.2) is 0 Å². The number of sulfonamides is 1. The molecule has 2 rings (SSSR count). The minimum absolute atomic E-state index is 0.0754. The van der Waals surface area contributed by atoms with Crippen LogP contribution in [0.4, 0.5) is 14.5 Å². The van der Waals surface area contributed by atoms with Gasteiger partial charge in [-0.15, -0.1) is 0 Å². The smallest absolute Gasteiger partial charge is 0.387 e. The molecular formula is C15H12ClF2NO3S. The van der Waals surface area contributed by atoms with Crippen molar-refractivity contribution in [3.63, 3.8) is 0 Å². The Morgan fingerprint density at radius 2 is 1.74 bits per heavy atom. The fourth-order valence-electron chi connectivity index (χ4n) is 1.68. The second-order valence-corrected chi connectivity index (χ2v) is 6.38. The van der Waals surface area contributed by atoms with Gasteiger partial charge in [0.1, 0.15) is 5.75 Å². The molecule has 8 heteroatoms. The first-order chi connectivity index (χ1) is 10.9. The molecule has 0 radical (unpaired) electrons. The molecule has 4 nitrogen and oxygen atoms in total. The van der Waals surface area contributed by atoms with Crippen molar-refractivity contribution in [2.24, 2.45) is 0 Å². The van der Waals surface area contributed by atoms with Gasteiger partial charge in [-0.25, -0.2) is 8.42 Å². The summed E-state index contributed by atoms with van der Waals surface area (Å²) in [5, 5.41) is 1.45. The van der Waals surface area contributed by atoms with Crippen LogP contribution in [-0.2, 0) is 10.0 Å². The van der Waals surface area contributed by atoms with E-state index in [0.29, 0.717) is 10.6 Å². The number of hydrogen-bond acceptors (Lipinski definition) is 3.